The fraction of sp³-hybridized carbons (Fsp3) is 1.00. The van der Waals surface area contributed by atoms with Crippen molar-refractivity contribution in [1.29, 1.82) is 0 Å². The van der Waals surface area contributed by atoms with Crippen LogP contribution < -0.4 is 5.73 Å². The lowest BCUT2D eigenvalue weighted by atomic mass is 9.78. The molecule has 3 nitrogen and oxygen atoms in total. The molecule has 20 heavy (non-hydrogen) atoms. The molecule has 0 amide bonds. The summed E-state index contributed by atoms with van der Waals surface area (Å²) in [4.78, 5) is 5.35. The first kappa shape index (κ1) is 14.8. The average molecular weight is 279 g/mol. The Hall–Kier alpha value is -0.120. The van der Waals surface area contributed by atoms with Gasteiger partial charge in [0.2, 0.25) is 0 Å². The van der Waals surface area contributed by atoms with Crippen molar-refractivity contribution in [3.05, 3.63) is 0 Å². The molecule has 2 N–H and O–H groups in total. The SMILES string of the molecule is CC1CCC(N)C(CN2CCC3C(CCCN3C)C2)C1. The van der Waals surface area contributed by atoms with Crippen molar-refractivity contribution in [3.8, 4) is 0 Å². The van der Waals surface area contributed by atoms with Crippen LogP contribution in [0.3, 0.4) is 0 Å². The van der Waals surface area contributed by atoms with Gasteiger partial charge >= 0.3 is 0 Å². The molecule has 2 heterocycles. The van der Waals surface area contributed by atoms with Gasteiger partial charge < -0.3 is 15.5 Å². The predicted molar refractivity (Wildman–Crippen MR) is 84.7 cm³/mol. The van der Waals surface area contributed by atoms with Crippen LogP contribution in [0.1, 0.15) is 45.4 Å². The van der Waals surface area contributed by atoms with Gasteiger partial charge in [-0.3, -0.25) is 0 Å². The Bertz CT molecular complexity index is 319. The minimum Gasteiger partial charge on any atom is -0.327 e. The fourth-order valence-electron chi connectivity index (χ4n) is 4.96. The number of rotatable bonds is 2. The van der Waals surface area contributed by atoms with Crippen LogP contribution in [0.25, 0.3) is 0 Å². The van der Waals surface area contributed by atoms with Gasteiger partial charge in [-0.2, -0.15) is 0 Å². The van der Waals surface area contributed by atoms with Crippen molar-refractivity contribution in [1.82, 2.24) is 9.80 Å². The van der Waals surface area contributed by atoms with Crippen LogP contribution in [0.2, 0.25) is 0 Å². The van der Waals surface area contributed by atoms with Gasteiger partial charge in [0.15, 0.2) is 0 Å². The van der Waals surface area contributed by atoms with E-state index in [2.05, 4.69) is 23.8 Å². The number of hydrogen-bond acceptors (Lipinski definition) is 3. The first-order valence-electron chi connectivity index (χ1n) is 8.81. The van der Waals surface area contributed by atoms with Crippen molar-refractivity contribution in [2.45, 2.75) is 57.5 Å². The summed E-state index contributed by atoms with van der Waals surface area (Å²) in [5.74, 6) is 2.55. The Morgan fingerprint density at radius 1 is 1.10 bits per heavy atom. The Morgan fingerprint density at radius 3 is 2.80 bits per heavy atom. The van der Waals surface area contributed by atoms with Gasteiger partial charge in [0.05, 0.1) is 0 Å². The minimum absolute atomic E-state index is 0.456. The highest BCUT2D eigenvalue weighted by Crippen LogP contribution is 2.32. The highest BCUT2D eigenvalue weighted by molar-refractivity contribution is 4.91. The normalized spacial score (nSPS) is 44.2. The zero-order chi connectivity index (χ0) is 14.1. The van der Waals surface area contributed by atoms with Crippen molar-refractivity contribution >= 4 is 0 Å². The van der Waals surface area contributed by atoms with Gasteiger partial charge in [-0.15, -0.1) is 0 Å². The van der Waals surface area contributed by atoms with E-state index in [1.165, 1.54) is 64.7 Å². The summed E-state index contributed by atoms with van der Waals surface area (Å²) in [6.45, 7) is 7.60. The maximum absolute atomic E-state index is 6.38. The average Bonchev–Trinajstić information content (AvgIpc) is 2.43. The molecule has 0 bridgehead atoms. The van der Waals surface area contributed by atoms with Crippen LogP contribution in [0, 0.1) is 17.8 Å². The van der Waals surface area contributed by atoms with Gasteiger partial charge in [-0.05, 0) is 76.4 Å². The lowest BCUT2D eigenvalue weighted by molar-refractivity contribution is 0.0263. The van der Waals surface area contributed by atoms with E-state index in [4.69, 9.17) is 5.73 Å². The molecule has 3 heteroatoms. The van der Waals surface area contributed by atoms with Gasteiger partial charge in [0, 0.05) is 25.2 Å². The molecule has 5 atom stereocenters. The molecular weight excluding hydrogens is 246 g/mol. The van der Waals surface area contributed by atoms with E-state index in [0.717, 1.165) is 23.8 Å². The number of piperidine rings is 2. The smallest absolute Gasteiger partial charge is 0.0145 e. The van der Waals surface area contributed by atoms with E-state index in [1.807, 2.05) is 0 Å². The first-order valence-corrected chi connectivity index (χ1v) is 8.81. The quantitative estimate of drug-likeness (QED) is 0.841. The van der Waals surface area contributed by atoms with Crippen molar-refractivity contribution < 1.29 is 0 Å². The monoisotopic (exact) mass is 279 g/mol. The van der Waals surface area contributed by atoms with E-state index in [1.54, 1.807) is 0 Å². The molecule has 5 unspecified atom stereocenters. The number of likely N-dealkylation sites (tertiary alicyclic amines) is 2. The largest absolute Gasteiger partial charge is 0.327 e. The van der Waals surface area contributed by atoms with E-state index in [-0.39, 0.29) is 0 Å². The lowest BCUT2D eigenvalue weighted by Gasteiger charge is -2.47. The zero-order valence-corrected chi connectivity index (χ0v) is 13.4. The minimum atomic E-state index is 0.456. The van der Waals surface area contributed by atoms with E-state index >= 15 is 0 Å². The molecule has 1 saturated carbocycles. The standard InChI is InChI=1S/C17H33N3/c1-13-5-6-16(18)15(10-13)12-20-9-7-17-14(11-20)4-3-8-19(17)2/h13-17H,3-12,18H2,1-2H3. The second-order valence-corrected chi connectivity index (χ2v) is 7.84. The third-order valence-electron chi connectivity index (χ3n) is 6.23. The van der Waals surface area contributed by atoms with Gasteiger partial charge in [-0.1, -0.05) is 6.92 Å². The van der Waals surface area contributed by atoms with Gasteiger partial charge in [-0.25, -0.2) is 0 Å². The summed E-state index contributed by atoms with van der Waals surface area (Å²) in [5, 5.41) is 0. The Morgan fingerprint density at radius 2 is 1.95 bits per heavy atom. The van der Waals surface area contributed by atoms with Crippen LogP contribution in [0.4, 0.5) is 0 Å². The zero-order valence-electron chi connectivity index (χ0n) is 13.4. The molecule has 116 valence electrons. The predicted octanol–water partition coefficient (Wildman–Crippen LogP) is 2.17. The van der Waals surface area contributed by atoms with Crippen LogP contribution in [0.5, 0.6) is 0 Å². The van der Waals surface area contributed by atoms with E-state index in [0.29, 0.717) is 6.04 Å². The third-order valence-corrected chi connectivity index (χ3v) is 6.23. The van der Waals surface area contributed by atoms with Crippen molar-refractivity contribution in [2.75, 3.05) is 33.2 Å². The molecule has 0 spiro atoms. The number of fused-ring (bicyclic) bond motifs is 1. The fourth-order valence-corrected chi connectivity index (χ4v) is 4.96. The Labute approximate surface area is 124 Å². The summed E-state index contributed by atoms with van der Waals surface area (Å²) < 4.78 is 0. The molecule has 1 aliphatic carbocycles. The maximum atomic E-state index is 6.38. The first-order chi connectivity index (χ1) is 9.63. The molecular formula is C17H33N3. The van der Waals surface area contributed by atoms with Crippen LogP contribution in [0.15, 0.2) is 0 Å². The second-order valence-electron chi connectivity index (χ2n) is 7.84. The van der Waals surface area contributed by atoms with E-state index in [9.17, 15) is 0 Å². The molecule has 3 fully saturated rings. The number of hydrogen-bond donors (Lipinski definition) is 1. The molecule has 0 aromatic carbocycles. The molecule has 0 aromatic heterocycles. The van der Waals surface area contributed by atoms with Crippen molar-refractivity contribution in [2.24, 2.45) is 23.5 Å². The van der Waals surface area contributed by atoms with Crippen LogP contribution in [-0.2, 0) is 0 Å². The molecule has 0 radical (unpaired) electrons. The van der Waals surface area contributed by atoms with Gasteiger partial charge in [0.25, 0.3) is 0 Å². The second kappa shape index (κ2) is 6.33. The summed E-state index contributed by atoms with van der Waals surface area (Å²) in [7, 11) is 2.32. The van der Waals surface area contributed by atoms with Crippen LogP contribution >= 0.6 is 0 Å². The Balaban J connectivity index is 1.54. The molecule has 3 aliphatic rings. The highest BCUT2D eigenvalue weighted by Gasteiger charge is 2.36. The number of nitrogens with two attached hydrogens (primary N) is 1. The molecule has 3 rings (SSSR count). The number of nitrogens with zero attached hydrogens (tertiary/aromatic N) is 2. The van der Waals surface area contributed by atoms with Crippen LogP contribution in [-0.4, -0.2) is 55.1 Å². The Kier molecular flexibility index (Phi) is 4.68. The summed E-state index contributed by atoms with van der Waals surface area (Å²) in [5.41, 5.74) is 6.38. The summed E-state index contributed by atoms with van der Waals surface area (Å²) in [6, 6.07) is 1.32. The summed E-state index contributed by atoms with van der Waals surface area (Å²) in [6.07, 6.45) is 8.15. The molecule has 2 saturated heterocycles. The van der Waals surface area contributed by atoms with Crippen molar-refractivity contribution in [3.63, 3.8) is 0 Å². The topological polar surface area (TPSA) is 32.5 Å². The summed E-state index contributed by atoms with van der Waals surface area (Å²) >= 11 is 0. The highest BCUT2D eigenvalue weighted by atomic mass is 15.2. The molecule has 0 aromatic rings. The van der Waals surface area contributed by atoms with E-state index < -0.39 is 0 Å². The lowest BCUT2D eigenvalue weighted by Crippen LogP contribution is -2.54. The van der Waals surface area contributed by atoms with Gasteiger partial charge in [0.1, 0.15) is 0 Å². The third kappa shape index (κ3) is 3.20. The molecule has 2 aliphatic heterocycles. The maximum Gasteiger partial charge on any atom is 0.0145 e.